The molecular weight excluding hydrogens is 985 g/mol. The van der Waals surface area contributed by atoms with Crippen LogP contribution in [0.15, 0.2) is 24.3 Å². The van der Waals surface area contributed by atoms with E-state index in [0.29, 0.717) is 42.8 Å². The van der Waals surface area contributed by atoms with Gasteiger partial charge in [0, 0.05) is 35.8 Å². The van der Waals surface area contributed by atoms with Crippen LogP contribution in [0, 0.1) is 25.7 Å². The van der Waals surface area contributed by atoms with Gasteiger partial charge in [0.2, 0.25) is 0 Å². The van der Waals surface area contributed by atoms with Gasteiger partial charge in [-0.05, 0) is 76.1 Å². The number of hydrogen-bond acceptors (Lipinski definition) is 13. The van der Waals surface area contributed by atoms with Gasteiger partial charge in [0.05, 0.1) is 44.5 Å². The molecule has 70 heavy (non-hydrogen) atoms. The van der Waals surface area contributed by atoms with Crippen molar-refractivity contribution in [3.05, 3.63) is 45.1 Å². The summed E-state index contributed by atoms with van der Waals surface area (Å²) >= 11 is 9.71. The number of rotatable bonds is 32. The molecule has 0 spiro atoms. The predicted octanol–water partition coefficient (Wildman–Crippen LogP) is 20.2. The topological polar surface area (TPSA) is 87.6 Å². The monoisotopic (exact) mass is 1060 g/mol. The Morgan fingerprint density at radius 2 is 1.01 bits per heavy atom. The molecule has 7 aromatic rings. The summed E-state index contributed by atoms with van der Waals surface area (Å²) in [5, 5.41) is 3.76. The molecule has 0 N–H and O–H groups in total. The number of unbranched alkanes of at least 4 members (excludes halogenated alkanes) is 13. The van der Waals surface area contributed by atoms with Crippen molar-refractivity contribution >= 4 is 110 Å². The average Bonchev–Trinajstić information content (AvgIpc) is 4.22. The van der Waals surface area contributed by atoms with Crippen molar-refractivity contribution in [1.29, 1.82) is 0 Å². The Hall–Kier alpha value is -3.20. The van der Waals surface area contributed by atoms with Crippen LogP contribution in [0.4, 0.5) is 0 Å². The summed E-state index contributed by atoms with van der Waals surface area (Å²) in [7, 11) is 0. The van der Waals surface area contributed by atoms with Crippen LogP contribution in [-0.4, -0.2) is 41.5 Å². The van der Waals surface area contributed by atoms with E-state index < -0.39 is 0 Å². The molecule has 0 fully saturated rings. The van der Waals surface area contributed by atoms with Crippen LogP contribution in [0.3, 0.4) is 0 Å². The van der Waals surface area contributed by atoms with Crippen LogP contribution in [0.1, 0.15) is 200 Å². The lowest BCUT2D eigenvalue weighted by atomic mass is 10.0. The number of carbonyl (C=O) groups excluding carboxylic acids is 2. The first-order valence-corrected chi connectivity index (χ1v) is 31.4. The van der Waals surface area contributed by atoms with Gasteiger partial charge in [0.25, 0.3) is 0 Å². The molecule has 0 bridgehead atoms. The highest BCUT2D eigenvalue weighted by Gasteiger charge is 2.28. The Kier molecular flexibility index (Phi) is 21.2. The van der Waals surface area contributed by atoms with E-state index in [2.05, 4.69) is 53.7 Å². The molecule has 0 saturated carbocycles. The number of thiazole rings is 2. The van der Waals surface area contributed by atoms with Gasteiger partial charge in [0.1, 0.15) is 21.5 Å². The van der Waals surface area contributed by atoms with E-state index in [9.17, 15) is 9.59 Å². The van der Waals surface area contributed by atoms with Crippen molar-refractivity contribution in [2.24, 2.45) is 11.8 Å². The smallest absolute Gasteiger partial charge is 0.339 e. The minimum Gasteiger partial charge on any atom is -0.491 e. The van der Waals surface area contributed by atoms with Crippen molar-refractivity contribution in [2.75, 3.05) is 19.8 Å². The maximum absolute atomic E-state index is 14.3. The fraction of sp³-hybridized carbons (Fsp3) is 0.579. The second-order valence-electron chi connectivity index (χ2n) is 19.2. The highest BCUT2D eigenvalue weighted by Crippen LogP contribution is 2.53. The Labute approximate surface area is 441 Å². The second-order valence-corrected chi connectivity index (χ2v) is 25.8. The fourth-order valence-electron chi connectivity index (χ4n) is 9.21. The zero-order valence-corrected chi connectivity index (χ0v) is 48.0. The summed E-state index contributed by atoms with van der Waals surface area (Å²) in [5.74, 6) is 2.58. The number of aromatic nitrogens is 2. The second kappa shape index (κ2) is 27.2. The summed E-state index contributed by atoms with van der Waals surface area (Å²) in [6, 6.07) is 8.54. The molecule has 6 heterocycles. The van der Waals surface area contributed by atoms with Gasteiger partial charge in [-0.3, -0.25) is 4.79 Å². The molecule has 2 atom stereocenters. The molecule has 2 unspecified atom stereocenters. The number of aryl methyl sites for hydroxylation is 2. The fourth-order valence-corrected chi connectivity index (χ4v) is 15.9. The summed E-state index contributed by atoms with van der Waals surface area (Å²) in [4.78, 5) is 44.7. The van der Waals surface area contributed by atoms with E-state index in [0.717, 1.165) is 114 Å². The normalized spacial score (nSPS) is 12.7. The zero-order valence-electron chi connectivity index (χ0n) is 43.1. The van der Waals surface area contributed by atoms with Gasteiger partial charge in [-0.1, -0.05) is 166 Å². The van der Waals surface area contributed by atoms with Gasteiger partial charge in [-0.2, -0.15) is 0 Å². The summed E-state index contributed by atoms with van der Waals surface area (Å²) in [5.41, 5.74) is 1.24. The molecule has 1 aromatic carbocycles. The third-order valence-electron chi connectivity index (χ3n) is 13.5. The van der Waals surface area contributed by atoms with Crippen molar-refractivity contribution in [2.45, 2.75) is 184 Å². The number of benzene rings is 1. The Balaban J connectivity index is 1.21. The average molecular weight is 1060 g/mol. The Morgan fingerprint density at radius 1 is 0.529 bits per heavy atom. The molecule has 380 valence electrons. The van der Waals surface area contributed by atoms with Crippen LogP contribution in [-0.2, 0) is 4.74 Å². The van der Waals surface area contributed by atoms with Crippen LogP contribution in [0.25, 0.3) is 59.4 Å². The number of thiophene rings is 4. The maximum Gasteiger partial charge on any atom is 0.339 e. The van der Waals surface area contributed by atoms with Crippen molar-refractivity contribution in [1.82, 2.24) is 9.97 Å². The van der Waals surface area contributed by atoms with E-state index in [-0.39, 0.29) is 11.8 Å². The Morgan fingerprint density at radius 3 is 1.56 bits per heavy atom. The number of carbonyl (C=O) groups is 2. The third-order valence-corrected chi connectivity index (χ3v) is 20.4. The minimum atomic E-state index is -0.312. The van der Waals surface area contributed by atoms with Crippen molar-refractivity contribution < 1.29 is 23.8 Å². The third kappa shape index (κ3) is 13.9. The van der Waals surface area contributed by atoms with Gasteiger partial charge in [0.15, 0.2) is 15.4 Å². The molecule has 0 aliphatic carbocycles. The lowest BCUT2D eigenvalue weighted by Gasteiger charge is -2.19. The van der Waals surface area contributed by atoms with E-state index >= 15 is 0 Å². The van der Waals surface area contributed by atoms with Crippen LogP contribution in [0.5, 0.6) is 11.5 Å². The predicted molar refractivity (Wildman–Crippen MR) is 307 cm³/mol. The van der Waals surface area contributed by atoms with Gasteiger partial charge < -0.3 is 14.2 Å². The quantitative estimate of drug-likeness (QED) is 0.0236. The Bertz CT molecular complexity index is 2660. The number of ether oxygens (including phenoxy) is 3. The van der Waals surface area contributed by atoms with Gasteiger partial charge in [-0.25, -0.2) is 14.8 Å². The standard InChI is InChI=1S/C57H76N2O5S6/c1-9-14-17-18-19-20-21-22-23-24-25-26-29-62-57(61)44-33-46(68-52(44)54-59-56-55(70-54)58-53(69-56)51-41(38(8)60)30-36(6)66-51)45-32-43-48(64-35-40(13-5)28-16-11-3)49-42(31-37(7)65-49)47(50(43)67-45)63-34-39(12-4)27-15-10-2/h30-33,39-40H,9-29,34-35H2,1-8H3. The summed E-state index contributed by atoms with van der Waals surface area (Å²) in [6.45, 7) is 18.9. The number of Topliss-reactive ketones (excluding diaryl/α,β-unsaturated/α-hetero) is 1. The maximum atomic E-state index is 14.3. The van der Waals surface area contributed by atoms with Crippen LogP contribution in [0.2, 0.25) is 0 Å². The molecule has 0 amide bonds. The van der Waals surface area contributed by atoms with E-state index in [4.69, 9.17) is 24.2 Å². The van der Waals surface area contributed by atoms with Gasteiger partial charge >= 0.3 is 5.97 Å². The molecule has 6 aromatic heterocycles. The lowest BCUT2D eigenvalue weighted by Crippen LogP contribution is -2.12. The van der Waals surface area contributed by atoms with E-state index in [1.807, 2.05) is 19.1 Å². The number of esters is 1. The molecule has 7 rings (SSSR count). The van der Waals surface area contributed by atoms with E-state index in [1.54, 1.807) is 52.3 Å². The number of fused-ring (bicyclic) bond motifs is 3. The van der Waals surface area contributed by atoms with Crippen LogP contribution >= 0.6 is 68.0 Å². The molecule has 0 aliphatic heterocycles. The van der Waals surface area contributed by atoms with E-state index in [1.165, 1.54) is 117 Å². The SMILES string of the molecule is CCCCCCCCCCCCCCOC(=O)c1cc(-c2cc3c(OCC(CC)CCCC)c4sc(C)cc4c(OCC(CC)CCCC)c3s2)sc1-c1nc2sc(-c3sc(C)cc3C(C)=O)nc2s1. The van der Waals surface area contributed by atoms with Crippen molar-refractivity contribution in [3.63, 3.8) is 0 Å². The lowest BCUT2D eigenvalue weighted by molar-refractivity contribution is 0.0499. The number of ketones is 1. The van der Waals surface area contributed by atoms with Crippen molar-refractivity contribution in [3.8, 4) is 41.0 Å². The molecule has 0 aliphatic rings. The first-order chi connectivity index (χ1) is 34.1. The number of nitrogens with zero attached hydrogens (tertiary/aromatic N) is 2. The largest absolute Gasteiger partial charge is 0.491 e. The molecule has 0 saturated heterocycles. The summed E-state index contributed by atoms with van der Waals surface area (Å²) < 4.78 is 22.3. The molecule has 13 heteroatoms. The molecular formula is C57H76N2O5S6. The zero-order chi connectivity index (χ0) is 49.6. The summed E-state index contributed by atoms with van der Waals surface area (Å²) in [6.07, 6.45) is 24.3. The molecule has 0 radical (unpaired) electrons. The molecule has 7 nitrogen and oxygen atoms in total. The highest BCUT2D eigenvalue weighted by atomic mass is 32.1. The highest BCUT2D eigenvalue weighted by molar-refractivity contribution is 7.33. The number of hydrogen-bond donors (Lipinski definition) is 0. The first kappa shape index (κ1) is 54.6. The minimum absolute atomic E-state index is 0.0344. The van der Waals surface area contributed by atoms with Gasteiger partial charge in [-0.15, -0.1) is 45.3 Å². The first-order valence-electron chi connectivity index (χ1n) is 26.5. The van der Waals surface area contributed by atoms with Crippen LogP contribution < -0.4 is 9.47 Å².